The summed E-state index contributed by atoms with van der Waals surface area (Å²) in [6, 6.07) is 13.0. The maximum Gasteiger partial charge on any atom is 0.191 e. The minimum Gasteiger partial charge on any atom is -0.211 e. The summed E-state index contributed by atoms with van der Waals surface area (Å²) >= 11 is 0. The highest BCUT2D eigenvalue weighted by atomic mass is 19.2. The maximum atomic E-state index is 13.6. The van der Waals surface area contributed by atoms with Crippen LogP contribution in [0.15, 0.2) is 42.5 Å². The van der Waals surface area contributed by atoms with Gasteiger partial charge in [-0.25, -0.2) is 13.5 Å². The van der Waals surface area contributed by atoms with E-state index in [4.69, 9.17) is 0 Å². The fourth-order valence-electron chi connectivity index (χ4n) is 2.44. The van der Waals surface area contributed by atoms with Gasteiger partial charge in [0.2, 0.25) is 0 Å². The third-order valence-electron chi connectivity index (χ3n) is 3.57. The van der Waals surface area contributed by atoms with Crippen molar-refractivity contribution < 1.29 is 8.78 Å². The molecule has 1 aromatic heterocycles. The van der Waals surface area contributed by atoms with E-state index >= 15 is 0 Å². The molecule has 4 nitrogen and oxygen atoms in total. The van der Waals surface area contributed by atoms with Crippen LogP contribution >= 0.6 is 0 Å². The van der Waals surface area contributed by atoms with E-state index in [0.717, 1.165) is 29.8 Å². The summed E-state index contributed by atoms with van der Waals surface area (Å²) in [6.45, 7) is 2.00. The van der Waals surface area contributed by atoms with Crippen LogP contribution in [0.5, 0.6) is 0 Å². The summed E-state index contributed by atoms with van der Waals surface area (Å²) in [5.41, 5.74) is 2.50. The zero-order valence-electron chi connectivity index (χ0n) is 12.3. The van der Waals surface area contributed by atoms with E-state index in [2.05, 4.69) is 10.3 Å². The molecular weight excluding hydrogens is 298 g/mol. The van der Waals surface area contributed by atoms with Gasteiger partial charge in [-0.2, -0.15) is 5.26 Å². The number of benzene rings is 2. The first kappa shape index (κ1) is 14.9. The molecule has 0 amide bonds. The van der Waals surface area contributed by atoms with Crippen molar-refractivity contribution in [3.63, 3.8) is 0 Å². The molecule has 0 aliphatic heterocycles. The van der Waals surface area contributed by atoms with Crippen molar-refractivity contribution in [3.05, 3.63) is 65.4 Å². The standard InChI is InChI=1S/C17H12F2N4/c1-2-11-5-3-4-6-16(11)23-17(15(10-20)21-22-23)12-7-8-13(18)14(19)9-12/h3-9H,2H2,1H3. The van der Waals surface area contributed by atoms with Crippen molar-refractivity contribution in [1.29, 1.82) is 5.26 Å². The average Bonchev–Trinajstić information content (AvgIpc) is 3.01. The Morgan fingerprint density at radius 1 is 1.13 bits per heavy atom. The molecule has 0 bridgehead atoms. The Hall–Kier alpha value is -3.07. The minimum absolute atomic E-state index is 0.0573. The zero-order valence-corrected chi connectivity index (χ0v) is 12.3. The lowest BCUT2D eigenvalue weighted by Gasteiger charge is -2.11. The molecule has 3 rings (SSSR count). The highest BCUT2D eigenvalue weighted by molar-refractivity contribution is 5.67. The number of para-hydroxylation sites is 1. The van der Waals surface area contributed by atoms with Gasteiger partial charge < -0.3 is 0 Å². The predicted molar refractivity (Wildman–Crippen MR) is 80.8 cm³/mol. The van der Waals surface area contributed by atoms with Crippen molar-refractivity contribution in [2.45, 2.75) is 13.3 Å². The van der Waals surface area contributed by atoms with Gasteiger partial charge in [0.15, 0.2) is 17.3 Å². The first-order chi connectivity index (χ1) is 11.2. The molecule has 0 fully saturated rings. The van der Waals surface area contributed by atoms with Crippen LogP contribution < -0.4 is 0 Å². The number of nitrogens with zero attached hydrogens (tertiary/aromatic N) is 4. The fourth-order valence-corrected chi connectivity index (χ4v) is 2.44. The second kappa shape index (κ2) is 5.97. The van der Waals surface area contributed by atoms with Crippen LogP contribution in [0.2, 0.25) is 0 Å². The number of hydrogen-bond donors (Lipinski definition) is 0. The van der Waals surface area contributed by atoms with Crippen LogP contribution in [-0.4, -0.2) is 15.0 Å². The first-order valence-electron chi connectivity index (χ1n) is 7.05. The van der Waals surface area contributed by atoms with Crippen LogP contribution in [0.4, 0.5) is 8.78 Å². The Kier molecular flexibility index (Phi) is 3.85. The molecule has 114 valence electrons. The average molecular weight is 310 g/mol. The van der Waals surface area contributed by atoms with Crippen molar-refractivity contribution in [2.24, 2.45) is 0 Å². The molecule has 2 aromatic carbocycles. The number of rotatable bonds is 3. The number of aromatic nitrogens is 3. The van der Waals surface area contributed by atoms with Gasteiger partial charge in [-0.1, -0.05) is 30.3 Å². The lowest BCUT2D eigenvalue weighted by Crippen LogP contribution is -2.03. The molecule has 0 N–H and O–H groups in total. The largest absolute Gasteiger partial charge is 0.211 e. The van der Waals surface area contributed by atoms with E-state index in [-0.39, 0.29) is 5.69 Å². The monoisotopic (exact) mass is 310 g/mol. The quantitative estimate of drug-likeness (QED) is 0.742. The maximum absolute atomic E-state index is 13.6. The van der Waals surface area contributed by atoms with Crippen LogP contribution in [0.3, 0.4) is 0 Å². The Balaban J connectivity index is 2.26. The molecular formula is C17H12F2N4. The summed E-state index contributed by atoms with van der Waals surface area (Å²) in [5.74, 6) is -1.93. The van der Waals surface area contributed by atoms with Gasteiger partial charge in [-0.05, 0) is 36.2 Å². The smallest absolute Gasteiger partial charge is 0.191 e. The molecule has 3 aromatic rings. The minimum atomic E-state index is -0.983. The predicted octanol–water partition coefficient (Wildman–Crippen LogP) is 3.65. The second-order valence-corrected chi connectivity index (χ2v) is 4.92. The molecule has 1 heterocycles. The second-order valence-electron chi connectivity index (χ2n) is 4.92. The van der Waals surface area contributed by atoms with Gasteiger partial charge in [0.25, 0.3) is 0 Å². The van der Waals surface area contributed by atoms with Gasteiger partial charge in [-0.15, -0.1) is 5.10 Å². The Labute approximate surface area is 131 Å². The van der Waals surface area contributed by atoms with Crippen LogP contribution in [-0.2, 0) is 6.42 Å². The van der Waals surface area contributed by atoms with Gasteiger partial charge >= 0.3 is 0 Å². The van der Waals surface area contributed by atoms with E-state index in [0.29, 0.717) is 11.3 Å². The van der Waals surface area contributed by atoms with E-state index < -0.39 is 11.6 Å². The number of halogens is 2. The van der Waals surface area contributed by atoms with Gasteiger partial charge in [0.05, 0.1) is 5.69 Å². The van der Waals surface area contributed by atoms with Crippen LogP contribution in [0, 0.1) is 23.0 Å². The summed E-state index contributed by atoms with van der Waals surface area (Å²) < 4.78 is 28.3. The van der Waals surface area contributed by atoms with E-state index in [9.17, 15) is 14.0 Å². The molecule has 23 heavy (non-hydrogen) atoms. The summed E-state index contributed by atoms with van der Waals surface area (Å²) in [6.07, 6.45) is 0.759. The summed E-state index contributed by atoms with van der Waals surface area (Å²) in [7, 11) is 0. The van der Waals surface area contributed by atoms with Crippen LogP contribution in [0.1, 0.15) is 18.2 Å². The normalized spacial score (nSPS) is 10.5. The molecule has 0 unspecified atom stereocenters. The molecule has 0 saturated carbocycles. The van der Waals surface area contributed by atoms with Gasteiger partial charge in [0.1, 0.15) is 11.8 Å². The summed E-state index contributed by atoms with van der Waals surface area (Å²) in [5, 5.41) is 17.1. The third-order valence-corrected chi connectivity index (χ3v) is 3.57. The van der Waals surface area contributed by atoms with Crippen LogP contribution in [0.25, 0.3) is 16.9 Å². The molecule has 6 heteroatoms. The first-order valence-corrected chi connectivity index (χ1v) is 7.05. The van der Waals surface area contributed by atoms with Gasteiger partial charge in [0, 0.05) is 5.56 Å². The SMILES string of the molecule is CCc1ccccc1-n1nnc(C#N)c1-c1ccc(F)c(F)c1. The van der Waals surface area contributed by atoms with Crippen molar-refractivity contribution in [2.75, 3.05) is 0 Å². The van der Waals surface area contributed by atoms with Crippen molar-refractivity contribution in [1.82, 2.24) is 15.0 Å². The zero-order chi connectivity index (χ0) is 16.4. The molecule has 0 spiro atoms. The van der Waals surface area contributed by atoms with Crippen molar-refractivity contribution in [3.8, 4) is 23.0 Å². The highest BCUT2D eigenvalue weighted by Gasteiger charge is 2.19. The lowest BCUT2D eigenvalue weighted by atomic mass is 10.1. The fraction of sp³-hybridized carbons (Fsp3) is 0.118. The lowest BCUT2D eigenvalue weighted by molar-refractivity contribution is 0.509. The number of nitriles is 1. The summed E-state index contributed by atoms with van der Waals surface area (Å²) in [4.78, 5) is 0. The Morgan fingerprint density at radius 2 is 1.91 bits per heavy atom. The third kappa shape index (κ3) is 2.57. The Bertz CT molecular complexity index is 909. The highest BCUT2D eigenvalue weighted by Crippen LogP contribution is 2.27. The molecule has 0 aliphatic carbocycles. The van der Waals surface area contributed by atoms with E-state index in [1.807, 2.05) is 37.3 Å². The topological polar surface area (TPSA) is 54.5 Å². The Morgan fingerprint density at radius 3 is 2.61 bits per heavy atom. The van der Waals surface area contributed by atoms with E-state index in [1.165, 1.54) is 10.7 Å². The molecule has 0 atom stereocenters. The number of aryl methyl sites for hydroxylation is 1. The molecule has 0 aliphatic rings. The van der Waals surface area contributed by atoms with Crippen molar-refractivity contribution >= 4 is 0 Å². The number of hydrogen-bond acceptors (Lipinski definition) is 3. The molecule has 0 radical (unpaired) electrons. The van der Waals surface area contributed by atoms with Gasteiger partial charge in [-0.3, -0.25) is 0 Å². The molecule has 0 saturated heterocycles. The van der Waals surface area contributed by atoms with E-state index in [1.54, 1.807) is 0 Å².